The Morgan fingerprint density at radius 3 is 2.81 bits per heavy atom. The van der Waals surface area contributed by atoms with Gasteiger partial charge in [-0.05, 0) is 54.8 Å². The van der Waals surface area contributed by atoms with Crippen LogP contribution in [0.3, 0.4) is 0 Å². The molecule has 0 bridgehead atoms. The lowest BCUT2D eigenvalue weighted by atomic mass is 10.1. The third kappa shape index (κ3) is 5.16. The predicted octanol–water partition coefficient (Wildman–Crippen LogP) is 5.63. The summed E-state index contributed by atoms with van der Waals surface area (Å²) in [5, 5.41) is 7.79. The van der Waals surface area contributed by atoms with Crippen molar-refractivity contribution in [2.45, 2.75) is 27.0 Å². The van der Waals surface area contributed by atoms with Gasteiger partial charge in [-0.3, -0.25) is 9.48 Å². The van der Waals surface area contributed by atoms with Crippen LogP contribution in [0.15, 0.2) is 71.3 Å². The minimum absolute atomic E-state index is 0.195. The van der Waals surface area contributed by atoms with Gasteiger partial charge in [0.1, 0.15) is 18.1 Å². The number of carbonyl (C=O) groups is 1. The van der Waals surface area contributed by atoms with E-state index in [0.717, 1.165) is 22.4 Å². The van der Waals surface area contributed by atoms with Crippen LogP contribution in [0.4, 0.5) is 5.82 Å². The normalized spacial score (nSPS) is 10.8. The largest absolute Gasteiger partial charge is 0.485 e. The number of nitrogens with one attached hydrogen (secondary N) is 1. The van der Waals surface area contributed by atoms with Gasteiger partial charge in [0.25, 0.3) is 5.91 Å². The van der Waals surface area contributed by atoms with Crippen LogP contribution in [0, 0.1) is 13.8 Å². The van der Waals surface area contributed by atoms with E-state index >= 15 is 0 Å². The fourth-order valence-corrected chi connectivity index (χ4v) is 3.28. The summed E-state index contributed by atoms with van der Waals surface area (Å²) in [6, 6.07) is 18.7. The van der Waals surface area contributed by atoms with E-state index in [1.165, 1.54) is 0 Å². The molecule has 2 aromatic heterocycles. The molecule has 0 aliphatic rings. The molecule has 6 nitrogen and oxygen atoms in total. The molecule has 0 saturated carbocycles. The highest BCUT2D eigenvalue weighted by Crippen LogP contribution is 2.21. The summed E-state index contributed by atoms with van der Waals surface area (Å²) < 4.78 is 13.2. The maximum absolute atomic E-state index is 12.5. The number of anilines is 1. The third-order valence-corrected chi connectivity index (χ3v) is 5.14. The van der Waals surface area contributed by atoms with Gasteiger partial charge in [-0.1, -0.05) is 41.9 Å². The van der Waals surface area contributed by atoms with Crippen LogP contribution in [0.25, 0.3) is 0 Å². The van der Waals surface area contributed by atoms with Gasteiger partial charge in [-0.15, -0.1) is 0 Å². The van der Waals surface area contributed by atoms with Gasteiger partial charge >= 0.3 is 0 Å². The fourth-order valence-electron chi connectivity index (χ4n) is 3.08. The molecule has 0 spiro atoms. The van der Waals surface area contributed by atoms with E-state index in [4.69, 9.17) is 20.8 Å². The molecule has 0 unspecified atom stereocenters. The van der Waals surface area contributed by atoms with E-state index in [9.17, 15) is 4.79 Å². The first-order valence-corrected chi connectivity index (χ1v) is 10.2. The second kappa shape index (κ2) is 9.10. The molecule has 2 heterocycles. The summed E-state index contributed by atoms with van der Waals surface area (Å²) in [5.41, 5.74) is 3.11. The van der Waals surface area contributed by atoms with E-state index < -0.39 is 0 Å². The van der Waals surface area contributed by atoms with E-state index in [1.807, 2.05) is 56.3 Å². The Hall–Kier alpha value is -3.51. The average Bonchev–Trinajstić information content (AvgIpc) is 3.40. The second-order valence-electron chi connectivity index (χ2n) is 7.27. The summed E-state index contributed by atoms with van der Waals surface area (Å²) in [5.74, 6) is 1.62. The van der Waals surface area contributed by atoms with Crippen LogP contribution in [-0.4, -0.2) is 15.7 Å². The lowest BCUT2D eigenvalue weighted by Crippen LogP contribution is -2.12. The van der Waals surface area contributed by atoms with Crippen molar-refractivity contribution in [3.05, 3.63) is 100 Å². The number of aryl methyl sites for hydroxylation is 2. The quantitative estimate of drug-likeness (QED) is 0.408. The highest BCUT2D eigenvalue weighted by Gasteiger charge is 2.14. The number of ether oxygens (including phenoxy) is 1. The fraction of sp³-hybridized carbons (Fsp3) is 0.167. The number of benzene rings is 2. The zero-order valence-corrected chi connectivity index (χ0v) is 18.0. The van der Waals surface area contributed by atoms with E-state index in [1.54, 1.807) is 29.1 Å². The zero-order valence-electron chi connectivity index (χ0n) is 17.3. The van der Waals surface area contributed by atoms with Crippen LogP contribution >= 0.6 is 11.6 Å². The number of hydrogen-bond acceptors (Lipinski definition) is 4. The van der Waals surface area contributed by atoms with Gasteiger partial charge in [0.2, 0.25) is 0 Å². The first kappa shape index (κ1) is 20.8. The minimum Gasteiger partial charge on any atom is -0.485 e. The van der Waals surface area contributed by atoms with E-state index in [-0.39, 0.29) is 18.3 Å². The number of nitrogens with zero attached hydrogens (tertiary/aromatic N) is 2. The van der Waals surface area contributed by atoms with Gasteiger partial charge in [-0.25, -0.2) is 0 Å². The molecule has 4 rings (SSSR count). The van der Waals surface area contributed by atoms with E-state index in [2.05, 4.69) is 10.4 Å². The van der Waals surface area contributed by atoms with Crippen molar-refractivity contribution >= 4 is 23.3 Å². The molecule has 1 amide bonds. The molecule has 0 saturated heterocycles. The molecule has 158 valence electrons. The number of rotatable bonds is 7. The Labute approximate surface area is 185 Å². The van der Waals surface area contributed by atoms with Gasteiger partial charge in [0.15, 0.2) is 11.6 Å². The number of halogens is 1. The Kier molecular flexibility index (Phi) is 6.09. The minimum atomic E-state index is -0.374. The zero-order chi connectivity index (χ0) is 21.8. The summed E-state index contributed by atoms with van der Waals surface area (Å²) in [6.07, 6.45) is 1.78. The standard InChI is InChI=1S/C24H22ClN3O3/c1-16-7-8-17(2)22(13-16)30-15-19-9-10-21(31-19)24(29)26-23-11-12-28(27-23)14-18-5-3-4-6-20(18)25/h3-13H,14-15H2,1-2H3,(H,26,27,29). The van der Waals surface area contributed by atoms with Crippen molar-refractivity contribution in [3.63, 3.8) is 0 Å². The average molecular weight is 436 g/mol. The third-order valence-electron chi connectivity index (χ3n) is 4.77. The molecule has 7 heteroatoms. The van der Waals surface area contributed by atoms with Gasteiger partial charge in [0, 0.05) is 17.3 Å². The number of carbonyl (C=O) groups excluding carboxylic acids is 1. The van der Waals surface area contributed by atoms with Crippen molar-refractivity contribution in [2.75, 3.05) is 5.32 Å². The lowest BCUT2D eigenvalue weighted by Gasteiger charge is -2.08. The van der Waals surface area contributed by atoms with Gasteiger partial charge in [0.05, 0.1) is 6.54 Å². The molecule has 0 aliphatic heterocycles. The maximum Gasteiger partial charge on any atom is 0.292 e. The van der Waals surface area contributed by atoms with Crippen molar-refractivity contribution in [2.24, 2.45) is 0 Å². The Morgan fingerprint density at radius 1 is 1.13 bits per heavy atom. The van der Waals surface area contributed by atoms with Crippen LogP contribution in [0.1, 0.15) is 33.0 Å². The number of hydrogen-bond donors (Lipinski definition) is 1. The first-order chi connectivity index (χ1) is 15.0. The first-order valence-electron chi connectivity index (χ1n) is 9.85. The van der Waals surface area contributed by atoms with Crippen LogP contribution in [-0.2, 0) is 13.2 Å². The van der Waals surface area contributed by atoms with Gasteiger partial charge in [-0.2, -0.15) is 5.10 Å². The SMILES string of the molecule is Cc1ccc(C)c(OCc2ccc(C(=O)Nc3ccn(Cc4ccccc4Cl)n3)o2)c1. The number of aromatic nitrogens is 2. The number of amides is 1. The molecule has 0 radical (unpaired) electrons. The van der Waals surface area contributed by atoms with Crippen molar-refractivity contribution in [1.82, 2.24) is 9.78 Å². The molecule has 0 aliphatic carbocycles. The molecule has 0 fully saturated rings. The summed E-state index contributed by atoms with van der Waals surface area (Å²) in [6.45, 7) is 4.75. The van der Waals surface area contributed by atoms with Crippen molar-refractivity contribution in [1.29, 1.82) is 0 Å². The molecule has 31 heavy (non-hydrogen) atoms. The van der Waals surface area contributed by atoms with Crippen LogP contribution in [0.2, 0.25) is 5.02 Å². The molecular formula is C24H22ClN3O3. The second-order valence-corrected chi connectivity index (χ2v) is 7.67. The molecule has 2 aromatic carbocycles. The van der Waals surface area contributed by atoms with E-state index in [0.29, 0.717) is 23.1 Å². The topological polar surface area (TPSA) is 69.3 Å². The van der Waals surface area contributed by atoms with Crippen LogP contribution in [0.5, 0.6) is 5.75 Å². The summed E-state index contributed by atoms with van der Waals surface area (Å²) >= 11 is 6.20. The van der Waals surface area contributed by atoms with Crippen LogP contribution < -0.4 is 10.1 Å². The molecule has 1 N–H and O–H groups in total. The Bertz CT molecular complexity index is 1210. The highest BCUT2D eigenvalue weighted by molar-refractivity contribution is 6.31. The van der Waals surface area contributed by atoms with Crippen molar-refractivity contribution < 1.29 is 13.9 Å². The van der Waals surface area contributed by atoms with Crippen molar-refractivity contribution in [3.8, 4) is 5.75 Å². The molecule has 4 aromatic rings. The summed E-state index contributed by atoms with van der Waals surface area (Å²) in [7, 11) is 0. The highest BCUT2D eigenvalue weighted by atomic mass is 35.5. The predicted molar refractivity (Wildman–Crippen MR) is 120 cm³/mol. The number of furan rings is 1. The Balaban J connectivity index is 1.35. The maximum atomic E-state index is 12.5. The Morgan fingerprint density at radius 2 is 1.97 bits per heavy atom. The monoisotopic (exact) mass is 435 g/mol. The molecular weight excluding hydrogens is 414 g/mol. The lowest BCUT2D eigenvalue weighted by molar-refractivity contribution is 0.0992. The summed E-state index contributed by atoms with van der Waals surface area (Å²) in [4.78, 5) is 12.5. The smallest absolute Gasteiger partial charge is 0.292 e. The molecule has 0 atom stereocenters. The van der Waals surface area contributed by atoms with Gasteiger partial charge < -0.3 is 14.5 Å².